The molecule has 0 aromatic carbocycles. The molecular weight excluding hydrogens is 226 g/mol. The van der Waals surface area contributed by atoms with E-state index in [1.54, 1.807) is 7.11 Å². The van der Waals surface area contributed by atoms with Crippen molar-refractivity contribution in [3.63, 3.8) is 0 Å². The van der Waals surface area contributed by atoms with E-state index in [1.165, 1.54) is 0 Å². The number of nitrogens with zero attached hydrogens (tertiary/aromatic N) is 2. The number of ether oxygens (including phenoxy) is 1. The van der Waals surface area contributed by atoms with Crippen molar-refractivity contribution in [1.82, 2.24) is 10.2 Å². The number of nitrogens with one attached hydrogen (secondary N) is 1. The zero-order chi connectivity index (χ0) is 14.0. The number of rotatable bonds is 10. The van der Waals surface area contributed by atoms with Gasteiger partial charge in [-0.3, -0.25) is 4.90 Å². The molecule has 0 saturated heterocycles. The molecule has 0 bridgehead atoms. The fourth-order valence-electron chi connectivity index (χ4n) is 2.09. The summed E-state index contributed by atoms with van der Waals surface area (Å²) in [6.07, 6.45) is 3.12. The normalized spacial score (nSPS) is 14.8. The van der Waals surface area contributed by atoms with Gasteiger partial charge in [-0.15, -0.1) is 0 Å². The van der Waals surface area contributed by atoms with Gasteiger partial charge in [0.1, 0.15) is 5.54 Å². The van der Waals surface area contributed by atoms with Crippen LogP contribution in [-0.2, 0) is 4.74 Å². The third-order valence-corrected chi connectivity index (χ3v) is 3.74. The van der Waals surface area contributed by atoms with Crippen LogP contribution in [0.25, 0.3) is 0 Å². The van der Waals surface area contributed by atoms with Gasteiger partial charge >= 0.3 is 0 Å². The second-order valence-electron chi connectivity index (χ2n) is 4.94. The van der Waals surface area contributed by atoms with Crippen molar-refractivity contribution in [3.05, 3.63) is 0 Å². The van der Waals surface area contributed by atoms with Gasteiger partial charge in [0.25, 0.3) is 0 Å². The molecule has 18 heavy (non-hydrogen) atoms. The van der Waals surface area contributed by atoms with Crippen LogP contribution in [0.2, 0.25) is 0 Å². The van der Waals surface area contributed by atoms with E-state index in [4.69, 9.17) is 4.74 Å². The Morgan fingerprint density at radius 2 is 1.94 bits per heavy atom. The van der Waals surface area contributed by atoms with E-state index in [1.807, 2.05) is 14.0 Å². The first-order valence-corrected chi connectivity index (χ1v) is 6.90. The van der Waals surface area contributed by atoms with E-state index >= 15 is 0 Å². The van der Waals surface area contributed by atoms with Crippen molar-refractivity contribution in [3.8, 4) is 6.07 Å². The standard InChI is InChI=1S/C14H29N3O/c1-6-13(7-2)17(10-11-18-5)9-8-14(3,12-15)16-4/h13,16H,6-11H2,1-5H3. The number of hydrogen-bond acceptors (Lipinski definition) is 4. The van der Waals surface area contributed by atoms with E-state index in [0.717, 1.165) is 39.0 Å². The van der Waals surface area contributed by atoms with Crippen molar-refractivity contribution in [2.45, 2.75) is 51.6 Å². The van der Waals surface area contributed by atoms with Gasteiger partial charge in [0.2, 0.25) is 0 Å². The van der Waals surface area contributed by atoms with Crippen molar-refractivity contribution in [2.75, 3.05) is 33.9 Å². The van der Waals surface area contributed by atoms with Crippen LogP contribution in [0.1, 0.15) is 40.0 Å². The Morgan fingerprint density at radius 1 is 1.33 bits per heavy atom. The summed E-state index contributed by atoms with van der Waals surface area (Å²) < 4.78 is 5.17. The number of methoxy groups -OCH3 is 1. The highest BCUT2D eigenvalue weighted by atomic mass is 16.5. The first-order chi connectivity index (χ1) is 8.56. The van der Waals surface area contributed by atoms with Gasteiger partial charge in [-0.2, -0.15) is 5.26 Å². The third-order valence-electron chi connectivity index (χ3n) is 3.74. The maximum atomic E-state index is 9.17. The Hall–Kier alpha value is -0.630. The molecule has 106 valence electrons. The van der Waals surface area contributed by atoms with Crippen LogP contribution in [0.5, 0.6) is 0 Å². The van der Waals surface area contributed by atoms with Crippen molar-refractivity contribution in [1.29, 1.82) is 5.26 Å². The molecule has 4 nitrogen and oxygen atoms in total. The molecule has 0 spiro atoms. The van der Waals surface area contributed by atoms with Gasteiger partial charge in [0.15, 0.2) is 0 Å². The summed E-state index contributed by atoms with van der Waals surface area (Å²) in [5.74, 6) is 0. The molecule has 0 aromatic heterocycles. The van der Waals surface area contributed by atoms with Crippen LogP contribution in [-0.4, -0.2) is 50.3 Å². The Balaban J connectivity index is 4.45. The SMILES string of the molecule is CCC(CC)N(CCOC)CCC(C)(C#N)NC. The lowest BCUT2D eigenvalue weighted by atomic mass is 9.99. The average molecular weight is 255 g/mol. The van der Waals surface area contributed by atoms with Gasteiger partial charge in [-0.1, -0.05) is 13.8 Å². The molecule has 0 aliphatic rings. The van der Waals surface area contributed by atoms with Crippen LogP contribution < -0.4 is 5.32 Å². The van der Waals surface area contributed by atoms with E-state index in [0.29, 0.717) is 6.04 Å². The van der Waals surface area contributed by atoms with Crippen LogP contribution in [0.15, 0.2) is 0 Å². The summed E-state index contributed by atoms with van der Waals surface area (Å²) in [6.45, 7) is 9.01. The lowest BCUT2D eigenvalue weighted by molar-refractivity contribution is 0.109. The minimum Gasteiger partial charge on any atom is -0.383 e. The maximum absolute atomic E-state index is 9.17. The Labute approximate surface area is 112 Å². The summed E-state index contributed by atoms with van der Waals surface area (Å²) in [5, 5.41) is 12.3. The fourth-order valence-corrected chi connectivity index (χ4v) is 2.09. The molecule has 1 atom stereocenters. The van der Waals surface area contributed by atoms with Crippen molar-refractivity contribution in [2.24, 2.45) is 0 Å². The summed E-state index contributed by atoms with van der Waals surface area (Å²) in [6, 6.07) is 2.93. The van der Waals surface area contributed by atoms with Crippen LogP contribution >= 0.6 is 0 Å². The van der Waals surface area contributed by atoms with Gasteiger partial charge in [-0.05, 0) is 33.2 Å². The lowest BCUT2D eigenvalue weighted by Crippen LogP contribution is -2.44. The quantitative estimate of drug-likeness (QED) is 0.649. The monoisotopic (exact) mass is 255 g/mol. The van der Waals surface area contributed by atoms with E-state index in [2.05, 4.69) is 30.1 Å². The molecule has 0 fully saturated rings. The molecule has 0 rings (SSSR count). The molecule has 4 heteroatoms. The predicted molar refractivity (Wildman–Crippen MR) is 75.5 cm³/mol. The maximum Gasteiger partial charge on any atom is 0.104 e. The summed E-state index contributed by atoms with van der Waals surface area (Å²) in [7, 11) is 3.58. The topological polar surface area (TPSA) is 48.3 Å². The summed E-state index contributed by atoms with van der Waals surface area (Å²) >= 11 is 0. The molecule has 0 aromatic rings. The van der Waals surface area contributed by atoms with E-state index < -0.39 is 5.54 Å². The minimum atomic E-state index is -0.433. The first kappa shape index (κ1) is 17.4. The molecular formula is C14H29N3O. The van der Waals surface area contributed by atoms with Gasteiger partial charge in [0, 0.05) is 26.2 Å². The lowest BCUT2D eigenvalue weighted by Gasteiger charge is -2.32. The zero-order valence-corrected chi connectivity index (χ0v) is 12.6. The highest BCUT2D eigenvalue weighted by Crippen LogP contribution is 2.14. The zero-order valence-electron chi connectivity index (χ0n) is 12.6. The minimum absolute atomic E-state index is 0.433. The van der Waals surface area contributed by atoms with Gasteiger partial charge in [0.05, 0.1) is 12.7 Å². The molecule has 0 amide bonds. The Kier molecular flexibility index (Phi) is 8.99. The smallest absolute Gasteiger partial charge is 0.104 e. The molecule has 1 N–H and O–H groups in total. The third kappa shape index (κ3) is 5.81. The molecule has 0 aliphatic heterocycles. The molecule has 0 heterocycles. The van der Waals surface area contributed by atoms with Crippen LogP contribution in [0.4, 0.5) is 0 Å². The first-order valence-electron chi connectivity index (χ1n) is 6.90. The average Bonchev–Trinajstić information content (AvgIpc) is 2.41. The number of hydrogen-bond donors (Lipinski definition) is 1. The van der Waals surface area contributed by atoms with Gasteiger partial charge < -0.3 is 10.1 Å². The van der Waals surface area contributed by atoms with Crippen molar-refractivity contribution < 1.29 is 4.74 Å². The van der Waals surface area contributed by atoms with Crippen LogP contribution in [0, 0.1) is 11.3 Å². The second-order valence-corrected chi connectivity index (χ2v) is 4.94. The summed E-state index contributed by atoms with van der Waals surface area (Å²) in [5.41, 5.74) is -0.433. The Bertz CT molecular complexity index is 248. The van der Waals surface area contributed by atoms with Crippen molar-refractivity contribution >= 4 is 0 Å². The van der Waals surface area contributed by atoms with E-state index in [-0.39, 0.29) is 0 Å². The molecule has 0 radical (unpaired) electrons. The number of nitriles is 1. The Morgan fingerprint density at radius 3 is 2.33 bits per heavy atom. The fraction of sp³-hybridized carbons (Fsp3) is 0.929. The predicted octanol–water partition coefficient (Wildman–Crippen LogP) is 2.02. The van der Waals surface area contributed by atoms with Gasteiger partial charge in [-0.25, -0.2) is 0 Å². The molecule has 1 unspecified atom stereocenters. The molecule has 0 aliphatic carbocycles. The van der Waals surface area contributed by atoms with E-state index in [9.17, 15) is 5.26 Å². The summed E-state index contributed by atoms with van der Waals surface area (Å²) in [4.78, 5) is 2.44. The second kappa shape index (κ2) is 9.32. The highest BCUT2D eigenvalue weighted by molar-refractivity contribution is 5.03. The largest absolute Gasteiger partial charge is 0.383 e. The molecule has 0 saturated carbocycles. The van der Waals surface area contributed by atoms with Crippen LogP contribution in [0.3, 0.4) is 0 Å². The highest BCUT2D eigenvalue weighted by Gasteiger charge is 2.24.